The van der Waals surface area contributed by atoms with Crippen molar-refractivity contribution in [3.05, 3.63) is 0 Å². The van der Waals surface area contributed by atoms with Crippen LogP contribution in [0.5, 0.6) is 0 Å². The summed E-state index contributed by atoms with van der Waals surface area (Å²) in [6, 6.07) is 0. The van der Waals surface area contributed by atoms with Crippen molar-refractivity contribution >= 4 is 22.6 Å². The Labute approximate surface area is 56.5 Å². The predicted molar refractivity (Wildman–Crippen MR) is 28.3 cm³/mol. The molecule has 0 spiro atoms. The van der Waals surface area contributed by atoms with E-state index < -0.39 is 0 Å². The van der Waals surface area contributed by atoms with Crippen molar-refractivity contribution in [2.24, 2.45) is 0 Å². The third-order valence-electron chi connectivity index (χ3n) is 0.384. The van der Waals surface area contributed by atoms with Crippen molar-refractivity contribution in [3.63, 3.8) is 0 Å². The van der Waals surface area contributed by atoms with E-state index in [-0.39, 0.29) is 0 Å². The first-order valence-corrected chi connectivity index (χ1v) is 5.39. The van der Waals surface area contributed by atoms with E-state index in [1.165, 1.54) is 34.2 Å². The average Bonchev–Trinajstić information content (AvgIpc) is 1.41. The maximum atomic E-state index is 2.41. The molecule has 0 rings (SSSR count). The Kier molecular flexibility index (Phi) is 6.80. The molecular formula is C3H6IZn. The minimum absolute atomic E-state index is 1.34. The van der Waals surface area contributed by atoms with Gasteiger partial charge in [-0.25, -0.2) is 0 Å². The molecule has 0 nitrogen and oxygen atoms in total. The summed E-state index contributed by atoms with van der Waals surface area (Å²) in [6.45, 7) is 0. The zero-order chi connectivity index (χ0) is 4.12. The van der Waals surface area contributed by atoms with Gasteiger partial charge in [0.15, 0.2) is 0 Å². The third-order valence-corrected chi connectivity index (χ3v) is 2.20. The van der Waals surface area contributed by atoms with Gasteiger partial charge in [0.2, 0.25) is 0 Å². The van der Waals surface area contributed by atoms with Crippen LogP contribution in [0.15, 0.2) is 0 Å². The quantitative estimate of drug-likeness (QED) is 0.388. The van der Waals surface area contributed by atoms with E-state index >= 15 is 0 Å². The number of halogens is 1. The number of hydrogen-bond donors (Lipinski definition) is 0. The Morgan fingerprint density at radius 2 is 2.20 bits per heavy atom. The van der Waals surface area contributed by atoms with E-state index in [1.807, 2.05) is 0 Å². The van der Waals surface area contributed by atoms with Gasteiger partial charge in [0.1, 0.15) is 0 Å². The second-order valence-corrected chi connectivity index (χ2v) is 3.46. The first-order valence-electron chi connectivity index (χ1n) is 1.77. The van der Waals surface area contributed by atoms with Gasteiger partial charge in [0.25, 0.3) is 0 Å². The zero-order valence-electron chi connectivity index (χ0n) is 3.21. The number of hydrogen-bond acceptors (Lipinski definition) is 0. The fourth-order valence-corrected chi connectivity index (χ4v) is 3.29. The number of rotatable bonds is 2. The molecule has 0 fully saturated rings. The molecule has 0 aromatic carbocycles. The van der Waals surface area contributed by atoms with Crippen molar-refractivity contribution in [1.29, 1.82) is 0 Å². The predicted octanol–water partition coefficient (Wildman–Crippen LogP) is 1.78. The SMILES string of the molecule is [Zn][CH2]CCI. The summed E-state index contributed by atoms with van der Waals surface area (Å²) in [5.74, 6) is 0. The van der Waals surface area contributed by atoms with Gasteiger partial charge in [-0.05, 0) is 0 Å². The molecule has 0 atom stereocenters. The molecule has 27 valence electrons. The van der Waals surface area contributed by atoms with Gasteiger partial charge in [-0.3, -0.25) is 0 Å². The van der Waals surface area contributed by atoms with Crippen LogP contribution in [0.1, 0.15) is 6.42 Å². The Hall–Kier alpha value is 1.35. The van der Waals surface area contributed by atoms with Crippen LogP contribution in [0.25, 0.3) is 0 Å². The molecule has 0 amide bonds. The third kappa shape index (κ3) is 5.35. The second kappa shape index (κ2) is 5.35. The Morgan fingerprint density at radius 3 is 2.20 bits per heavy atom. The van der Waals surface area contributed by atoms with Gasteiger partial charge < -0.3 is 0 Å². The van der Waals surface area contributed by atoms with Gasteiger partial charge in [0, 0.05) is 0 Å². The van der Waals surface area contributed by atoms with Gasteiger partial charge >= 0.3 is 56.8 Å². The topological polar surface area (TPSA) is 0 Å². The van der Waals surface area contributed by atoms with E-state index in [4.69, 9.17) is 0 Å². The zero-order valence-corrected chi connectivity index (χ0v) is 8.33. The van der Waals surface area contributed by atoms with Gasteiger partial charge in [0.05, 0.1) is 0 Å². The molecule has 0 aliphatic heterocycles. The molecule has 0 aromatic heterocycles. The van der Waals surface area contributed by atoms with E-state index in [9.17, 15) is 0 Å². The van der Waals surface area contributed by atoms with Crippen molar-refractivity contribution in [2.75, 3.05) is 4.43 Å². The Morgan fingerprint density at radius 1 is 1.60 bits per heavy atom. The van der Waals surface area contributed by atoms with Crippen LogP contribution in [0, 0.1) is 0 Å². The molecule has 5 heavy (non-hydrogen) atoms. The van der Waals surface area contributed by atoms with Crippen LogP contribution in [0.3, 0.4) is 0 Å². The Balaban J connectivity index is 2.19. The van der Waals surface area contributed by atoms with Crippen LogP contribution in [0.2, 0.25) is 5.02 Å². The van der Waals surface area contributed by atoms with Crippen molar-refractivity contribution in [3.8, 4) is 0 Å². The number of alkyl halides is 1. The summed E-state index contributed by atoms with van der Waals surface area (Å²) >= 11 is 3.88. The molecule has 0 aromatic rings. The standard InChI is InChI=1S/C3H6I.Zn/c1-2-3-4;/h1-3H2;. The van der Waals surface area contributed by atoms with E-state index in [0.717, 1.165) is 0 Å². The summed E-state index contributed by atoms with van der Waals surface area (Å²) in [4.78, 5) is 0. The van der Waals surface area contributed by atoms with Crippen LogP contribution >= 0.6 is 22.6 Å². The van der Waals surface area contributed by atoms with Crippen LogP contribution in [-0.2, 0) is 18.3 Å². The Bertz CT molecular complexity index is 14.4. The summed E-state index contributed by atoms with van der Waals surface area (Å²) in [6.07, 6.45) is 1.43. The van der Waals surface area contributed by atoms with E-state index in [1.54, 1.807) is 0 Å². The van der Waals surface area contributed by atoms with Crippen LogP contribution in [0.4, 0.5) is 0 Å². The molecule has 0 aliphatic rings. The summed E-state index contributed by atoms with van der Waals surface area (Å²) < 4.78 is 1.34. The first-order chi connectivity index (χ1) is 2.41. The van der Waals surface area contributed by atoms with Crippen molar-refractivity contribution in [1.82, 2.24) is 0 Å². The van der Waals surface area contributed by atoms with Crippen molar-refractivity contribution in [2.45, 2.75) is 11.4 Å². The molecular weight excluding hydrogens is 228 g/mol. The monoisotopic (exact) mass is 233 g/mol. The molecule has 0 bridgehead atoms. The summed E-state index contributed by atoms with van der Waals surface area (Å²) in [7, 11) is 0. The van der Waals surface area contributed by atoms with Gasteiger partial charge in [-0.2, -0.15) is 0 Å². The summed E-state index contributed by atoms with van der Waals surface area (Å²) in [5, 5.41) is 1.46. The molecule has 0 unspecified atom stereocenters. The van der Waals surface area contributed by atoms with Gasteiger partial charge in [-0.15, -0.1) is 0 Å². The minimum atomic E-state index is 1.34. The molecule has 0 heterocycles. The molecule has 0 saturated carbocycles. The fraction of sp³-hybridized carbons (Fsp3) is 1.00. The van der Waals surface area contributed by atoms with Crippen LogP contribution in [-0.4, -0.2) is 4.43 Å². The maximum absolute atomic E-state index is 2.41. The molecule has 0 N–H and O–H groups in total. The molecule has 0 saturated heterocycles. The first kappa shape index (κ1) is 6.35. The fourth-order valence-electron chi connectivity index (χ4n) is 0.0945. The average molecular weight is 234 g/mol. The van der Waals surface area contributed by atoms with E-state index in [2.05, 4.69) is 22.6 Å². The van der Waals surface area contributed by atoms with Crippen LogP contribution < -0.4 is 0 Å². The molecule has 0 aliphatic carbocycles. The normalized spacial score (nSPS) is 8.60. The molecule has 2 heteroatoms. The second-order valence-electron chi connectivity index (χ2n) is 0.896. The molecule has 0 radical (unpaired) electrons. The summed E-state index contributed by atoms with van der Waals surface area (Å²) in [5.41, 5.74) is 0. The van der Waals surface area contributed by atoms with E-state index in [0.29, 0.717) is 0 Å². The van der Waals surface area contributed by atoms with Crippen molar-refractivity contribution < 1.29 is 18.3 Å². The van der Waals surface area contributed by atoms with Gasteiger partial charge in [-0.1, -0.05) is 0 Å².